The van der Waals surface area contributed by atoms with Crippen molar-refractivity contribution < 1.29 is 27.1 Å². The molecule has 27 heavy (non-hydrogen) atoms. The smallest absolute Gasteiger partial charge is 0.339 e. The van der Waals surface area contributed by atoms with Crippen molar-refractivity contribution in [3.63, 3.8) is 0 Å². The SMILES string of the molecule is COCCCNC(=O)c1ccc(OS(=O)(=O)c2cccc([N+](=O)[O-])c2)cc1. The van der Waals surface area contributed by atoms with E-state index in [9.17, 15) is 23.3 Å². The number of hydrogen-bond acceptors (Lipinski definition) is 7. The molecule has 2 aromatic carbocycles. The minimum absolute atomic E-state index is 0.0163. The number of non-ortho nitro benzene ring substituents is 1. The van der Waals surface area contributed by atoms with Gasteiger partial charge in [0.25, 0.3) is 11.6 Å². The number of methoxy groups -OCH3 is 1. The first kappa shape index (κ1) is 20.3. The van der Waals surface area contributed by atoms with E-state index < -0.39 is 15.0 Å². The van der Waals surface area contributed by atoms with Gasteiger partial charge in [0.15, 0.2) is 0 Å². The third kappa shape index (κ3) is 5.76. The van der Waals surface area contributed by atoms with Gasteiger partial charge in [-0.1, -0.05) is 6.07 Å². The Morgan fingerprint density at radius 1 is 1.19 bits per heavy atom. The van der Waals surface area contributed by atoms with Crippen molar-refractivity contribution in [1.29, 1.82) is 0 Å². The number of hydrogen-bond donors (Lipinski definition) is 1. The zero-order valence-corrected chi connectivity index (χ0v) is 15.3. The lowest BCUT2D eigenvalue weighted by Gasteiger charge is -2.08. The van der Waals surface area contributed by atoms with Crippen molar-refractivity contribution in [1.82, 2.24) is 5.32 Å². The van der Waals surface area contributed by atoms with Gasteiger partial charge in [-0.2, -0.15) is 8.42 Å². The fourth-order valence-electron chi connectivity index (χ4n) is 2.11. The van der Waals surface area contributed by atoms with Crippen molar-refractivity contribution >= 4 is 21.7 Å². The van der Waals surface area contributed by atoms with Gasteiger partial charge >= 0.3 is 10.1 Å². The largest absolute Gasteiger partial charge is 0.385 e. The van der Waals surface area contributed by atoms with Crippen LogP contribution in [0.3, 0.4) is 0 Å². The Kier molecular flexibility index (Phi) is 6.85. The van der Waals surface area contributed by atoms with Gasteiger partial charge in [0, 0.05) is 38.0 Å². The number of nitrogens with one attached hydrogen (secondary N) is 1. The lowest BCUT2D eigenvalue weighted by atomic mass is 10.2. The van der Waals surface area contributed by atoms with Crippen molar-refractivity contribution in [3.8, 4) is 5.75 Å². The second-order valence-electron chi connectivity index (χ2n) is 5.42. The van der Waals surface area contributed by atoms with Crippen molar-refractivity contribution in [2.75, 3.05) is 20.3 Å². The van der Waals surface area contributed by atoms with E-state index in [1.807, 2.05) is 0 Å². The summed E-state index contributed by atoms with van der Waals surface area (Å²) in [5.74, 6) is -0.323. The van der Waals surface area contributed by atoms with Gasteiger partial charge in [-0.15, -0.1) is 0 Å². The van der Waals surface area contributed by atoms with Crippen molar-refractivity contribution in [2.45, 2.75) is 11.3 Å². The maximum absolute atomic E-state index is 12.3. The van der Waals surface area contributed by atoms with E-state index in [4.69, 9.17) is 8.92 Å². The molecule has 0 saturated heterocycles. The lowest BCUT2D eigenvalue weighted by Crippen LogP contribution is -2.25. The van der Waals surface area contributed by atoms with E-state index in [2.05, 4.69) is 5.32 Å². The molecule has 0 atom stereocenters. The Morgan fingerprint density at radius 2 is 1.89 bits per heavy atom. The normalized spacial score (nSPS) is 11.0. The van der Waals surface area contributed by atoms with E-state index in [0.717, 1.165) is 6.07 Å². The molecule has 0 heterocycles. The zero-order valence-electron chi connectivity index (χ0n) is 14.5. The minimum atomic E-state index is -4.24. The molecule has 0 radical (unpaired) electrons. The monoisotopic (exact) mass is 394 g/mol. The molecule has 0 aliphatic heterocycles. The van der Waals surface area contributed by atoms with E-state index in [-0.39, 0.29) is 22.2 Å². The summed E-state index contributed by atoms with van der Waals surface area (Å²) in [6.45, 7) is 0.981. The summed E-state index contributed by atoms with van der Waals surface area (Å²) in [5, 5.41) is 13.5. The van der Waals surface area contributed by atoms with Gasteiger partial charge in [-0.05, 0) is 36.8 Å². The van der Waals surface area contributed by atoms with Gasteiger partial charge in [0.1, 0.15) is 10.6 Å². The molecular formula is C17H18N2O7S. The number of nitro benzene ring substituents is 1. The second-order valence-corrected chi connectivity index (χ2v) is 6.96. The Labute approximate surface area is 156 Å². The van der Waals surface area contributed by atoms with E-state index >= 15 is 0 Å². The van der Waals surface area contributed by atoms with Gasteiger partial charge < -0.3 is 14.2 Å². The molecular weight excluding hydrogens is 376 g/mol. The molecule has 10 heteroatoms. The molecule has 0 aliphatic rings. The molecule has 144 valence electrons. The van der Waals surface area contributed by atoms with Crippen LogP contribution in [0.5, 0.6) is 5.75 Å². The molecule has 0 aromatic heterocycles. The molecule has 0 saturated carbocycles. The van der Waals surface area contributed by atoms with Crippen LogP contribution < -0.4 is 9.50 Å². The summed E-state index contributed by atoms with van der Waals surface area (Å²) in [7, 11) is -2.67. The number of benzene rings is 2. The fourth-order valence-corrected chi connectivity index (χ4v) is 3.08. The molecule has 0 bridgehead atoms. The minimum Gasteiger partial charge on any atom is -0.385 e. The summed E-state index contributed by atoms with van der Waals surface area (Å²) in [6.07, 6.45) is 0.672. The van der Waals surface area contributed by atoms with Crippen LogP contribution in [-0.4, -0.2) is 39.5 Å². The number of amides is 1. The molecule has 0 unspecified atom stereocenters. The summed E-state index contributed by atoms with van der Waals surface area (Å²) < 4.78 is 34.4. The van der Waals surface area contributed by atoms with Crippen LogP contribution in [0.4, 0.5) is 5.69 Å². The van der Waals surface area contributed by atoms with Gasteiger partial charge in [-0.3, -0.25) is 14.9 Å². The van der Waals surface area contributed by atoms with Crippen LogP contribution in [0.15, 0.2) is 53.4 Å². The van der Waals surface area contributed by atoms with E-state index in [1.165, 1.54) is 42.5 Å². The Bertz CT molecular complexity index is 911. The quantitative estimate of drug-likeness (QED) is 0.299. The highest BCUT2D eigenvalue weighted by atomic mass is 32.2. The summed E-state index contributed by atoms with van der Waals surface area (Å²) >= 11 is 0. The highest BCUT2D eigenvalue weighted by Gasteiger charge is 2.20. The van der Waals surface area contributed by atoms with Crippen LogP contribution in [0, 0.1) is 10.1 Å². The third-order valence-corrected chi connectivity index (χ3v) is 4.69. The average molecular weight is 394 g/mol. The van der Waals surface area contributed by atoms with Gasteiger partial charge in [0.05, 0.1) is 4.92 Å². The predicted octanol–water partition coefficient (Wildman–Crippen LogP) is 2.13. The van der Waals surface area contributed by atoms with Crippen LogP contribution >= 0.6 is 0 Å². The molecule has 2 rings (SSSR count). The molecule has 1 amide bonds. The summed E-state index contributed by atoms with van der Waals surface area (Å²) in [6, 6.07) is 10.1. The first-order valence-corrected chi connectivity index (χ1v) is 9.30. The molecule has 9 nitrogen and oxygen atoms in total. The highest BCUT2D eigenvalue weighted by molar-refractivity contribution is 7.87. The number of carbonyl (C=O) groups is 1. The first-order valence-electron chi connectivity index (χ1n) is 7.89. The second kappa shape index (κ2) is 9.10. The molecule has 1 N–H and O–H groups in total. The van der Waals surface area contributed by atoms with Crippen LogP contribution in [0.2, 0.25) is 0 Å². The zero-order chi connectivity index (χ0) is 19.9. The Balaban J connectivity index is 2.06. The standard InChI is InChI=1S/C17H18N2O7S/c1-25-11-3-10-18-17(20)13-6-8-15(9-7-13)26-27(23,24)16-5-2-4-14(12-16)19(21)22/h2,4-9,12H,3,10-11H2,1H3,(H,18,20). The molecule has 0 fully saturated rings. The number of carbonyl (C=O) groups excluding carboxylic acids is 1. The summed E-state index contributed by atoms with van der Waals surface area (Å²) in [5.41, 5.74) is -0.0207. The third-order valence-electron chi connectivity index (χ3n) is 3.45. The highest BCUT2D eigenvalue weighted by Crippen LogP contribution is 2.22. The molecule has 0 spiro atoms. The van der Waals surface area contributed by atoms with Crippen molar-refractivity contribution in [3.05, 3.63) is 64.2 Å². The van der Waals surface area contributed by atoms with Gasteiger partial charge in [0.2, 0.25) is 0 Å². The molecule has 0 aliphatic carbocycles. The van der Waals surface area contributed by atoms with Gasteiger partial charge in [-0.25, -0.2) is 0 Å². The number of ether oxygens (including phenoxy) is 1. The number of nitrogens with zero attached hydrogens (tertiary/aromatic N) is 1. The van der Waals surface area contributed by atoms with Crippen LogP contribution in [0.1, 0.15) is 16.8 Å². The Hall–Kier alpha value is -2.98. The van der Waals surface area contributed by atoms with E-state index in [1.54, 1.807) is 7.11 Å². The lowest BCUT2D eigenvalue weighted by molar-refractivity contribution is -0.385. The maximum Gasteiger partial charge on any atom is 0.339 e. The van der Waals surface area contributed by atoms with Crippen LogP contribution in [0.25, 0.3) is 0 Å². The van der Waals surface area contributed by atoms with Crippen molar-refractivity contribution in [2.24, 2.45) is 0 Å². The first-order chi connectivity index (χ1) is 12.8. The molecule has 2 aromatic rings. The predicted molar refractivity (Wildman–Crippen MR) is 96.2 cm³/mol. The maximum atomic E-state index is 12.3. The Morgan fingerprint density at radius 3 is 2.52 bits per heavy atom. The number of nitro groups is 1. The van der Waals surface area contributed by atoms with E-state index in [0.29, 0.717) is 25.1 Å². The average Bonchev–Trinajstić information content (AvgIpc) is 2.65. The topological polar surface area (TPSA) is 125 Å². The fraction of sp³-hybridized carbons (Fsp3) is 0.235. The number of rotatable bonds is 9. The summed E-state index contributed by atoms with van der Waals surface area (Å²) in [4.78, 5) is 21.7. The van der Waals surface area contributed by atoms with Crippen LogP contribution in [-0.2, 0) is 14.9 Å².